The molecule has 0 radical (unpaired) electrons. The second-order valence-electron chi connectivity index (χ2n) is 3.24. The first-order valence-electron chi connectivity index (χ1n) is 4.74. The van der Waals surface area contributed by atoms with E-state index in [1.165, 1.54) is 5.57 Å². The van der Waals surface area contributed by atoms with Crippen molar-refractivity contribution in [1.82, 2.24) is 5.32 Å². The molecule has 2 heteroatoms. The van der Waals surface area contributed by atoms with Gasteiger partial charge >= 0.3 is 0 Å². The van der Waals surface area contributed by atoms with Crippen molar-refractivity contribution in [3.05, 3.63) is 36.6 Å². The third kappa shape index (κ3) is 2.22. The molecule has 13 heavy (non-hydrogen) atoms. The number of hydrogen-bond acceptors (Lipinski definition) is 2. The van der Waals surface area contributed by atoms with Crippen LogP contribution in [0.4, 0.5) is 0 Å². The highest BCUT2D eigenvalue weighted by atomic mass is 14.9. The normalized spacial score (nSPS) is 27.4. The SMILES string of the molecule is C=CC1C(CCN)=CNC1/C=C\C. The molecule has 2 nitrogen and oxygen atoms in total. The predicted molar refractivity (Wildman–Crippen MR) is 57.2 cm³/mol. The molecule has 0 aromatic rings. The van der Waals surface area contributed by atoms with Gasteiger partial charge in [-0.2, -0.15) is 0 Å². The van der Waals surface area contributed by atoms with Gasteiger partial charge in [-0.3, -0.25) is 0 Å². The van der Waals surface area contributed by atoms with Crippen molar-refractivity contribution in [2.24, 2.45) is 11.7 Å². The lowest BCUT2D eigenvalue weighted by molar-refractivity contribution is 0.625. The fraction of sp³-hybridized carbons (Fsp3) is 0.455. The first-order valence-corrected chi connectivity index (χ1v) is 4.74. The van der Waals surface area contributed by atoms with Crippen molar-refractivity contribution in [3.8, 4) is 0 Å². The molecule has 3 N–H and O–H groups in total. The standard InChI is InChI=1S/C11H18N2/c1-3-5-11-10(4-2)9(6-7-12)8-13-11/h3-5,8,10-11,13H,2,6-7,12H2,1H3/b5-3-. The Morgan fingerprint density at radius 2 is 2.46 bits per heavy atom. The van der Waals surface area contributed by atoms with E-state index >= 15 is 0 Å². The summed E-state index contributed by atoms with van der Waals surface area (Å²) in [5, 5.41) is 3.32. The molecule has 1 heterocycles. The van der Waals surface area contributed by atoms with Gasteiger partial charge in [0, 0.05) is 5.92 Å². The van der Waals surface area contributed by atoms with Gasteiger partial charge < -0.3 is 11.1 Å². The van der Waals surface area contributed by atoms with Crippen LogP contribution in [-0.2, 0) is 0 Å². The molecule has 0 saturated carbocycles. The monoisotopic (exact) mass is 178 g/mol. The second kappa shape index (κ2) is 4.87. The van der Waals surface area contributed by atoms with E-state index in [2.05, 4.69) is 30.2 Å². The summed E-state index contributed by atoms with van der Waals surface area (Å²) in [5.41, 5.74) is 6.89. The molecule has 0 aliphatic carbocycles. The van der Waals surface area contributed by atoms with E-state index in [4.69, 9.17) is 5.73 Å². The lowest BCUT2D eigenvalue weighted by atomic mass is 9.93. The Kier molecular flexibility index (Phi) is 3.77. The molecule has 0 bridgehead atoms. The van der Waals surface area contributed by atoms with Crippen molar-refractivity contribution in [1.29, 1.82) is 0 Å². The number of allylic oxidation sites excluding steroid dienone is 1. The fourth-order valence-electron chi connectivity index (χ4n) is 1.72. The van der Waals surface area contributed by atoms with Crippen LogP contribution < -0.4 is 11.1 Å². The quantitative estimate of drug-likeness (QED) is 0.641. The molecule has 1 aliphatic heterocycles. The van der Waals surface area contributed by atoms with Crippen LogP contribution in [0.2, 0.25) is 0 Å². The molecular weight excluding hydrogens is 160 g/mol. The average Bonchev–Trinajstić information content (AvgIpc) is 2.49. The van der Waals surface area contributed by atoms with Crippen molar-refractivity contribution >= 4 is 0 Å². The summed E-state index contributed by atoms with van der Waals surface area (Å²) in [6.07, 6.45) is 9.24. The zero-order valence-corrected chi connectivity index (χ0v) is 8.16. The van der Waals surface area contributed by atoms with E-state index in [0.717, 1.165) is 6.42 Å². The Bertz CT molecular complexity index is 228. The zero-order chi connectivity index (χ0) is 9.68. The van der Waals surface area contributed by atoms with E-state index in [-0.39, 0.29) is 0 Å². The molecule has 0 saturated heterocycles. The van der Waals surface area contributed by atoms with Gasteiger partial charge in [0.05, 0.1) is 6.04 Å². The molecule has 72 valence electrons. The van der Waals surface area contributed by atoms with Gasteiger partial charge in [0.2, 0.25) is 0 Å². The number of rotatable bonds is 4. The summed E-state index contributed by atoms with van der Waals surface area (Å²) in [6.45, 7) is 6.59. The van der Waals surface area contributed by atoms with Crippen LogP contribution in [-0.4, -0.2) is 12.6 Å². The molecular formula is C11H18N2. The smallest absolute Gasteiger partial charge is 0.0539 e. The second-order valence-corrected chi connectivity index (χ2v) is 3.24. The van der Waals surface area contributed by atoms with Gasteiger partial charge in [-0.05, 0) is 31.7 Å². The minimum atomic E-state index is 0.379. The Balaban J connectivity index is 2.64. The van der Waals surface area contributed by atoms with Crippen molar-refractivity contribution in [2.45, 2.75) is 19.4 Å². The largest absolute Gasteiger partial charge is 0.384 e. The van der Waals surface area contributed by atoms with Crippen molar-refractivity contribution < 1.29 is 0 Å². The number of nitrogens with one attached hydrogen (secondary N) is 1. The average molecular weight is 178 g/mol. The van der Waals surface area contributed by atoms with E-state index < -0.39 is 0 Å². The molecule has 0 aromatic carbocycles. The Labute approximate surface area is 80.2 Å². The van der Waals surface area contributed by atoms with Crippen LogP contribution >= 0.6 is 0 Å². The van der Waals surface area contributed by atoms with Gasteiger partial charge in [-0.15, -0.1) is 6.58 Å². The van der Waals surface area contributed by atoms with Gasteiger partial charge in [0.25, 0.3) is 0 Å². The lowest BCUT2D eigenvalue weighted by Crippen LogP contribution is -2.23. The van der Waals surface area contributed by atoms with Gasteiger partial charge in [-0.1, -0.05) is 18.2 Å². The van der Waals surface area contributed by atoms with Crippen LogP contribution in [0.5, 0.6) is 0 Å². The molecule has 0 spiro atoms. The summed E-state index contributed by atoms with van der Waals surface area (Å²) in [7, 11) is 0. The van der Waals surface area contributed by atoms with Crippen LogP contribution in [0, 0.1) is 5.92 Å². The maximum atomic E-state index is 5.52. The van der Waals surface area contributed by atoms with Gasteiger partial charge in [0.15, 0.2) is 0 Å². The molecule has 1 aliphatic rings. The summed E-state index contributed by atoms with van der Waals surface area (Å²) in [6, 6.07) is 0.379. The highest BCUT2D eigenvalue weighted by Gasteiger charge is 2.23. The van der Waals surface area contributed by atoms with Crippen LogP contribution in [0.1, 0.15) is 13.3 Å². The van der Waals surface area contributed by atoms with E-state index in [9.17, 15) is 0 Å². The highest BCUT2D eigenvalue weighted by molar-refractivity contribution is 5.25. The van der Waals surface area contributed by atoms with Gasteiger partial charge in [-0.25, -0.2) is 0 Å². The Morgan fingerprint density at radius 3 is 3.00 bits per heavy atom. The van der Waals surface area contributed by atoms with E-state index in [1.807, 2.05) is 13.0 Å². The lowest BCUT2D eigenvalue weighted by Gasteiger charge is -2.15. The molecule has 0 amide bonds. The van der Waals surface area contributed by atoms with Gasteiger partial charge in [0.1, 0.15) is 0 Å². The van der Waals surface area contributed by atoms with Crippen molar-refractivity contribution in [2.75, 3.05) is 6.54 Å². The molecule has 1 rings (SSSR count). The number of nitrogens with two attached hydrogens (primary N) is 1. The third-order valence-electron chi connectivity index (χ3n) is 2.36. The summed E-state index contributed by atoms with van der Waals surface area (Å²) in [4.78, 5) is 0. The first-order chi connectivity index (χ1) is 6.33. The minimum Gasteiger partial charge on any atom is -0.384 e. The first kappa shape index (κ1) is 10.1. The van der Waals surface area contributed by atoms with Crippen LogP contribution in [0.3, 0.4) is 0 Å². The molecule has 2 atom stereocenters. The maximum absolute atomic E-state index is 5.52. The molecule has 2 unspecified atom stereocenters. The van der Waals surface area contributed by atoms with E-state index in [0.29, 0.717) is 18.5 Å². The van der Waals surface area contributed by atoms with Crippen LogP contribution in [0.25, 0.3) is 0 Å². The Hall–Kier alpha value is -1.02. The Morgan fingerprint density at radius 1 is 1.69 bits per heavy atom. The maximum Gasteiger partial charge on any atom is 0.0539 e. The minimum absolute atomic E-state index is 0.379. The third-order valence-corrected chi connectivity index (χ3v) is 2.36. The topological polar surface area (TPSA) is 38.0 Å². The fourth-order valence-corrected chi connectivity index (χ4v) is 1.72. The number of hydrogen-bond donors (Lipinski definition) is 2. The summed E-state index contributed by atoms with van der Waals surface area (Å²) < 4.78 is 0. The zero-order valence-electron chi connectivity index (χ0n) is 8.16. The predicted octanol–water partition coefficient (Wildman–Crippen LogP) is 1.57. The van der Waals surface area contributed by atoms with Crippen LogP contribution in [0.15, 0.2) is 36.6 Å². The molecule has 0 aromatic heterocycles. The molecule has 0 fully saturated rings. The highest BCUT2D eigenvalue weighted by Crippen LogP contribution is 2.25. The summed E-state index contributed by atoms with van der Waals surface area (Å²) >= 11 is 0. The summed E-state index contributed by atoms with van der Waals surface area (Å²) in [5.74, 6) is 0.416. The van der Waals surface area contributed by atoms with E-state index in [1.54, 1.807) is 0 Å². The van der Waals surface area contributed by atoms with Crippen molar-refractivity contribution in [3.63, 3.8) is 0 Å².